The molecule has 3 rings (SSSR count). The highest BCUT2D eigenvalue weighted by Gasteiger charge is 2.51. The normalized spacial score (nSPS) is 18.0. The molecular formula is C20H24BClO4. The van der Waals surface area contributed by atoms with Gasteiger partial charge in [-0.25, -0.2) is 0 Å². The molecule has 2 aromatic rings. The molecule has 0 unspecified atom stereocenters. The van der Waals surface area contributed by atoms with Gasteiger partial charge in [-0.05, 0) is 63.0 Å². The van der Waals surface area contributed by atoms with Crippen molar-refractivity contribution in [3.05, 3.63) is 53.1 Å². The Morgan fingerprint density at radius 2 is 1.54 bits per heavy atom. The van der Waals surface area contributed by atoms with E-state index in [1.54, 1.807) is 7.11 Å². The summed E-state index contributed by atoms with van der Waals surface area (Å²) in [6.45, 7) is 8.58. The van der Waals surface area contributed by atoms with Crippen LogP contribution >= 0.6 is 11.6 Å². The number of halogens is 1. The molecule has 0 aliphatic carbocycles. The molecule has 1 saturated heterocycles. The van der Waals surface area contributed by atoms with Crippen molar-refractivity contribution in [1.82, 2.24) is 0 Å². The summed E-state index contributed by atoms with van der Waals surface area (Å²) in [6, 6.07) is 13.3. The Morgan fingerprint density at radius 1 is 0.923 bits per heavy atom. The number of hydrogen-bond acceptors (Lipinski definition) is 4. The van der Waals surface area contributed by atoms with E-state index in [9.17, 15) is 0 Å². The van der Waals surface area contributed by atoms with E-state index >= 15 is 0 Å². The van der Waals surface area contributed by atoms with Gasteiger partial charge in [0.1, 0.15) is 6.61 Å². The van der Waals surface area contributed by atoms with E-state index in [1.165, 1.54) is 0 Å². The molecule has 1 heterocycles. The fourth-order valence-electron chi connectivity index (χ4n) is 2.67. The summed E-state index contributed by atoms with van der Waals surface area (Å²) in [5, 5.41) is 0.707. The summed E-state index contributed by atoms with van der Waals surface area (Å²) in [5.74, 6) is 1.31. The van der Waals surface area contributed by atoms with Crippen molar-refractivity contribution in [2.75, 3.05) is 7.11 Å². The van der Waals surface area contributed by atoms with Crippen molar-refractivity contribution in [2.45, 2.75) is 45.5 Å². The summed E-state index contributed by atoms with van der Waals surface area (Å²) < 4.78 is 23.6. The first-order chi connectivity index (χ1) is 12.2. The molecule has 0 N–H and O–H groups in total. The van der Waals surface area contributed by atoms with Gasteiger partial charge in [-0.3, -0.25) is 0 Å². The van der Waals surface area contributed by atoms with E-state index in [4.69, 9.17) is 30.4 Å². The fraction of sp³-hybridized carbons (Fsp3) is 0.400. The highest BCUT2D eigenvalue weighted by molar-refractivity contribution is 6.62. The topological polar surface area (TPSA) is 36.9 Å². The Morgan fingerprint density at radius 3 is 2.12 bits per heavy atom. The minimum atomic E-state index is -0.431. The summed E-state index contributed by atoms with van der Waals surface area (Å²) in [6.07, 6.45) is 0. The second-order valence-electron chi connectivity index (χ2n) is 7.41. The van der Waals surface area contributed by atoms with Crippen LogP contribution in [0.4, 0.5) is 0 Å². The van der Waals surface area contributed by atoms with Gasteiger partial charge in [-0.2, -0.15) is 0 Å². The minimum absolute atomic E-state index is 0.380. The first-order valence-electron chi connectivity index (χ1n) is 8.63. The number of hydrogen-bond donors (Lipinski definition) is 0. The lowest BCUT2D eigenvalue weighted by atomic mass is 9.79. The number of ether oxygens (including phenoxy) is 2. The second kappa shape index (κ2) is 7.14. The van der Waals surface area contributed by atoms with Gasteiger partial charge in [-0.1, -0.05) is 29.8 Å². The van der Waals surface area contributed by atoms with Crippen LogP contribution in [0.25, 0.3) is 0 Å². The van der Waals surface area contributed by atoms with Crippen molar-refractivity contribution in [3.63, 3.8) is 0 Å². The van der Waals surface area contributed by atoms with E-state index in [2.05, 4.69) is 0 Å². The molecule has 0 spiro atoms. The summed E-state index contributed by atoms with van der Waals surface area (Å²) >= 11 is 5.91. The van der Waals surface area contributed by atoms with E-state index < -0.39 is 7.12 Å². The number of methoxy groups -OCH3 is 1. The molecule has 2 aromatic carbocycles. The van der Waals surface area contributed by atoms with Crippen molar-refractivity contribution >= 4 is 24.2 Å². The molecule has 6 heteroatoms. The Balaban J connectivity index is 1.75. The minimum Gasteiger partial charge on any atom is -0.493 e. The zero-order valence-electron chi connectivity index (χ0n) is 15.8. The maximum absolute atomic E-state index is 6.10. The van der Waals surface area contributed by atoms with Crippen LogP contribution in [0.15, 0.2) is 42.5 Å². The first-order valence-corrected chi connectivity index (χ1v) is 9.00. The Kier molecular flexibility index (Phi) is 5.24. The van der Waals surface area contributed by atoms with Crippen LogP contribution in [-0.2, 0) is 15.9 Å². The molecule has 1 aliphatic rings. The number of rotatable bonds is 5. The third-order valence-electron chi connectivity index (χ3n) is 5.02. The third-order valence-corrected chi connectivity index (χ3v) is 5.27. The molecule has 4 nitrogen and oxygen atoms in total. The molecule has 26 heavy (non-hydrogen) atoms. The van der Waals surface area contributed by atoms with Gasteiger partial charge >= 0.3 is 7.12 Å². The SMILES string of the molecule is COc1cc(B2OC(C)(C)C(C)(C)O2)ccc1OCc1ccc(Cl)cc1. The van der Waals surface area contributed by atoms with Crippen LogP contribution < -0.4 is 14.9 Å². The molecule has 1 aliphatic heterocycles. The average Bonchev–Trinajstić information content (AvgIpc) is 2.82. The maximum atomic E-state index is 6.10. The van der Waals surface area contributed by atoms with E-state index in [1.807, 2.05) is 70.2 Å². The Hall–Kier alpha value is -1.69. The number of benzene rings is 2. The van der Waals surface area contributed by atoms with E-state index in [0.29, 0.717) is 23.1 Å². The summed E-state index contributed by atoms with van der Waals surface area (Å²) in [7, 11) is 1.19. The van der Waals surface area contributed by atoms with Gasteiger partial charge in [0.2, 0.25) is 0 Å². The molecule has 1 fully saturated rings. The monoisotopic (exact) mass is 374 g/mol. The van der Waals surface area contributed by atoms with E-state index in [0.717, 1.165) is 11.0 Å². The van der Waals surface area contributed by atoms with Gasteiger partial charge in [0.05, 0.1) is 18.3 Å². The molecule has 0 amide bonds. The Bertz CT molecular complexity index is 758. The first kappa shape index (κ1) is 19.1. The largest absolute Gasteiger partial charge is 0.494 e. The van der Waals surface area contributed by atoms with Crippen LogP contribution in [0.5, 0.6) is 11.5 Å². The highest BCUT2D eigenvalue weighted by atomic mass is 35.5. The molecular weight excluding hydrogens is 350 g/mol. The third kappa shape index (κ3) is 3.85. The highest BCUT2D eigenvalue weighted by Crippen LogP contribution is 2.37. The Labute approximate surface area is 160 Å². The summed E-state index contributed by atoms with van der Waals surface area (Å²) in [4.78, 5) is 0. The quantitative estimate of drug-likeness (QED) is 0.734. The molecule has 0 aromatic heterocycles. The lowest BCUT2D eigenvalue weighted by Crippen LogP contribution is -2.41. The van der Waals surface area contributed by atoms with Crippen LogP contribution in [0.3, 0.4) is 0 Å². The summed E-state index contributed by atoms with van der Waals surface area (Å²) in [5.41, 5.74) is 1.18. The fourth-order valence-corrected chi connectivity index (χ4v) is 2.80. The molecule has 0 atom stereocenters. The van der Waals surface area contributed by atoms with Crippen LogP contribution in [-0.4, -0.2) is 25.4 Å². The van der Waals surface area contributed by atoms with Gasteiger partial charge in [0, 0.05) is 5.02 Å². The smallest absolute Gasteiger partial charge is 0.493 e. The van der Waals surface area contributed by atoms with Gasteiger partial charge in [-0.15, -0.1) is 0 Å². The second-order valence-corrected chi connectivity index (χ2v) is 7.85. The van der Waals surface area contributed by atoms with Gasteiger partial charge < -0.3 is 18.8 Å². The predicted molar refractivity (Wildman–Crippen MR) is 104 cm³/mol. The van der Waals surface area contributed by atoms with E-state index in [-0.39, 0.29) is 11.2 Å². The lowest BCUT2D eigenvalue weighted by molar-refractivity contribution is 0.00578. The van der Waals surface area contributed by atoms with Crippen LogP contribution in [0.2, 0.25) is 5.02 Å². The van der Waals surface area contributed by atoms with Crippen molar-refractivity contribution in [1.29, 1.82) is 0 Å². The standard InChI is InChI=1S/C20H24BClO4/c1-19(2)20(3,4)26-21(25-19)15-8-11-17(18(12-15)23-5)24-13-14-6-9-16(22)10-7-14/h6-12H,13H2,1-5H3. The predicted octanol–water partition coefficient (Wildman–Crippen LogP) is 4.23. The van der Waals surface area contributed by atoms with Gasteiger partial charge in [0.15, 0.2) is 11.5 Å². The lowest BCUT2D eigenvalue weighted by Gasteiger charge is -2.32. The van der Waals surface area contributed by atoms with Gasteiger partial charge in [0.25, 0.3) is 0 Å². The molecule has 0 radical (unpaired) electrons. The molecule has 138 valence electrons. The molecule has 0 saturated carbocycles. The van der Waals surface area contributed by atoms with Crippen molar-refractivity contribution in [3.8, 4) is 11.5 Å². The molecule has 0 bridgehead atoms. The van der Waals surface area contributed by atoms with Crippen molar-refractivity contribution < 1.29 is 18.8 Å². The zero-order chi connectivity index (χ0) is 18.9. The van der Waals surface area contributed by atoms with Crippen LogP contribution in [0, 0.1) is 0 Å². The van der Waals surface area contributed by atoms with Crippen molar-refractivity contribution in [2.24, 2.45) is 0 Å². The average molecular weight is 375 g/mol. The maximum Gasteiger partial charge on any atom is 0.494 e. The zero-order valence-corrected chi connectivity index (χ0v) is 16.6. The van der Waals surface area contributed by atoms with Crippen LogP contribution in [0.1, 0.15) is 33.3 Å².